The Labute approximate surface area is 121 Å². The molecule has 0 aliphatic heterocycles. The second-order valence-electron chi connectivity index (χ2n) is 3.79. The molecule has 0 fully saturated rings. The second-order valence-corrected chi connectivity index (χ2v) is 4.60. The molecule has 0 aliphatic carbocycles. The minimum atomic E-state index is 0.221. The van der Waals surface area contributed by atoms with Gasteiger partial charge in [0, 0.05) is 5.56 Å². The van der Waals surface area contributed by atoms with Crippen molar-refractivity contribution in [1.29, 1.82) is 5.26 Å². The van der Waals surface area contributed by atoms with Crippen molar-refractivity contribution in [3.05, 3.63) is 46.1 Å². The van der Waals surface area contributed by atoms with Crippen LogP contribution in [0.5, 0.6) is 5.75 Å². The average Bonchev–Trinajstić information content (AvgIpc) is 2.39. The van der Waals surface area contributed by atoms with Gasteiger partial charge in [-0.2, -0.15) is 5.26 Å². The van der Waals surface area contributed by atoms with Crippen LogP contribution in [0.1, 0.15) is 5.69 Å². The topological polar surface area (TPSA) is 45.9 Å². The largest absolute Gasteiger partial charge is 0.494 e. The smallest absolute Gasteiger partial charge is 0.145 e. The van der Waals surface area contributed by atoms with Crippen molar-refractivity contribution in [2.24, 2.45) is 0 Å². The van der Waals surface area contributed by atoms with Crippen LogP contribution >= 0.6 is 23.2 Å². The number of benzene rings is 1. The molecule has 0 atom stereocenters. The number of pyridine rings is 1. The highest BCUT2D eigenvalue weighted by Gasteiger charge is 2.15. The third-order valence-corrected chi connectivity index (χ3v) is 3.23. The first-order chi connectivity index (χ1) is 9.17. The molecule has 19 heavy (non-hydrogen) atoms. The molecule has 2 rings (SSSR count). The summed E-state index contributed by atoms with van der Waals surface area (Å²) in [5, 5.41) is 9.73. The highest BCUT2D eigenvalue weighted by Crippen LogP contribution is 2.38. The summed E-state index contributed by atoms with van der Waals surface area (Å²) in [6.07, 6.45) is 0.221. The van der Waals surface area contributed by atoms with Gasteiger partial charge in [0.25, 0.3) is 0 Å². The fraction of sp³-hybridized carbons (Fsp3) is 0.143. The first-order valence-electron chi connectivity index (χ1n) is 5.52. The van der Waals surface area contributed by atoms with Crippen LogP contribution in [0, 0.1) is 11.3 Å². The molecule has 1 aromatic heterocycles. The molecule has 5 heteroatoms. The van der Waals surface area contributed by atoms with Gasteiger partial charge in [-0.1, -0.05) is 29.3 Å². The Morgan fingerprint density at radius 3 is 2.47 bits per heavy atom. The molecular weight excluding hydrogens is 283 g/mol. The molecule has 0 radical (unpaired) electrons. The van der Waals surface area contributed by atoms with E-state index in [0.717, 1.165) is 0 Å². The van der Waals surface area contributed by atoms with Gasteiger partial charge in [-0.3, -0.25) is 0 Å². The number of aromatic nitrogens is 1. The van der Waals surface area contributed by atoms with E-state index in [1.165, 1.54) is 0 Å². The Morgan fingerprint density at radius 1 is 1.21 bits per heavy atom. The van der Waals surface area contributed by atoms with Crippen molar-refractivity contribution < 1.29 is 4.74 Å². The minimum Gasteiger partial charge on any atom is -0.494 e. The summed E-state index contributed by atoms with van der Waals surface area (Å²) in [6.45, 7) is 0. The maximum absolute atomic E-state index is 8.74. The zero-order chi connectivity index (χ0) is 13.8. The lowest BCUT2D eigenvalue weighted by atomic mass is 10.1. The van der Waals surface area contributed by atoms with Crippen LogP contribution < -0.4 is 4.74 Å². The van der Waals surface area contributed by atoms with E-state index < -0.39 is 0 Å². The van der Waals surface area contributed by atoms with E-state index in [9.17, 15) is 0 Å². The predicted octanol–water partition coefficient (Wildman–Crippen LogP) is 4.13. The van der Waals surface area contributed by atoms with Crippen LogP contribution in [-0.4, -0.2) is 12.1 Å². The Hall–Kier alpha value is -1.76. The van der Waals surface area contributed by atoms with E-state index in [-0.39, 0.29) is 6.42 Å². The Balaban J connectivity index is 2.66. The zero-order valence-electron chi connectivity index (χ0n) is 10.2. The quantitative estimate of drug-likeness (QED) is 0.854. The van der Waals surface area contributed by atoms with Gasteiger partial charge in [-0.25, -0.2) is 4.98 Å². The number of hydrogen-bond acceptors (Lipinski definition) is 3. The molecule has 3 nitrogen and oxygen atoms in total. The summed E-state index contributed by atoms with van der Waals surface area (Å²) in [7, 11) is 1.55. The Kier molecular flexibility index (Phi) is 4.26. The SMILES string of the molecule is COc1ccc(CC#N)nc1-c1c(Cl)cccc1Cl. The monoisotopic (exact) mass is 292 g/mol. The molecule has 96 valence electrons. The first-order valence-corrected chi connectivity index (χ1v) is 6.28. The van der Waals surface area contributed by atoms with Gasteiger partial charge >= 0.3 is 0 Å². The lowest BCUT2D eigenvalue weighted by Crippen LogP contribution is -1.96. The molecule has 0 saturated heterocycles. The zero-order valence-corrected chi connectivity index (χ0v) is 11.7. The van der Waals surface area contributed by atoms with Crippen molar-refractivity contribution in [1.82, 2.24) is 4.98 Å². The van der Waals surface area contributed by atoms with Crippen LogP contribution in [0.15, 0.2) is 30.3 Å². The number of ether oxygens (including phenoxy) is 1. The summed E-state index contributed by atoms with van der Waals surface area (Å²) in [4.78, 5) is 4.41. The van der Waals surface area contributed by atoms with Crippen molar-refractivity contribution >= 4 is 23.2 Å². The van der Waals surface area contributed by atoms with Crippen molar-refractivity contribution in [2.45, 2.75) is 6.42 Å². The molecule has 0 N–H and O–H groups in total. The minimum absolute atomic E-state index is 0.221. The summed E-state index contributed by atoms with van der Waals surface area (Å²) < 4.78 is 5.28. The van der Waals surface area contributed by atoms with E-state index in [1.807, 2.05) is 0 Å². The molecule has 0 spiro atoms. The van der Waals surface area contributed by atoms with Crippen LogP contribution in [0.2, 0.25) is 10.0 Å². The lowest BCUT2D eigenvalue weighted by Gasteiger charge is -2.11. The Bertz CT molecular complexity index is 630. The van der Waals surface area contributed by atoms with Gasteiger partial charge < -0.3 is 4.74 Å². The van der Waals surface area contributed by atoms with Gasteiger partial charge in [0.05, 0.1) is 35.3 Å². The summed E-state index contributed by atoms with van der Waals surface area (Å²) >= 11 is 12.4. The molecule has 0 amide bonds. The third kappa shape index (κ3) is 2.81. The number of halogens is 2. The van der Waals surface area contributed by atoms with E-state index >= 15 is 0 Å². The van der Waals surface area contributed by atoms with Crippen LogP contribution in [0.3, 0.4) is 0 Å². The molecule has 2 aromatic rings. The molecule has 0 bridgehead atoms. The summed E-state index contributed by atoms with van der Waals surface area (Å²) in [5.74, 6) is 0.566. The summed E-state index contributed by atoms with van der Waals surface area (Å²) in [5.41, 5.74) is 1.81. The number of rotatable bonds is 3. The highest BCUT2D eigenvalue weighted by atomic mass is 35.5. The van der Waals surface area contributed by atoms with Gasteiger partial charge in [0.2, 0.25) is 0 Å². The predicted molar refractivity (Wildman–Crippen MR) is 75.6 cm³/mol. The normalized spacial score (nSPS) is 10.0. The van der Waals surface area contributed by atoms with Crippen molar-refractivity contribution in [3.63, 3.8) is 0 Å². The first kappa shape index (κ1) is 13.7. The third-order valence-electron chi connectivity index (χ3n) is 2.60. The molecule has 0 saturated carbocycles. The molecule has 0 unspecified atom stereocenters. The van der Waals surface area contributed by atoms with E-state index in [4.69, 9.17) is 33.2 Å². The van der Waals surface area contributed by atoms with Gasteiger partial charge in [-0.15, -0.1) is 0 Å². The summed E-state index contributed by atoms with van der Waals surface area (Å²) in [6, 6.07) is 10.8. The fourth-order valence-electron chi connectivity index (χ4n) is 1.73. The van der Waals surface area contributed by atoms with Crippen molar-refractivity contribution in [2.75, 3.05) is 7.11 Å². The maximum atomic E-state index is 8.74. The van der Waals surface area contributed by atoms with E-state index in [2.05, 4.69) is 11.1 Å². The van der Waals surface area contributed by atoms with Gasteiger partial charge in [0.1, 0.15) is 11.4 Å². The van der Waals surface area contributed by atoms with E-state index in [1.54, 1.807) is 37.4 Å². The lowest BCUT2D eigenvalue weighted by molar-refractivity contribution is 0.414. The second kappa shape index (κ2) is 5.92. The molecule has 1 heterocycles. The average molecular weight is 293 g/mol. The number of nitriles is 1. The van der Waals surface area contributed by atoms with Crippen molar-refractivity contribution in [3.8, 4) is 23.1 Å². The van der Waals surface area contributed by atoms with Gasteiger partial charge in [-0.05, 0) is 24.3 Å². The standard InChI is InChI=1S/C14H10Cl2N2O/c1-19-12-6-5-9(7-8-17)18-14(12)13-10(15)3-2-4-11(13)16/h2-6H,7H2,1H3. The molecular formula is C14H10Cl2N2O. The van der Waals surface area contributed by atoms with Crippen LogP contribution in [0.4, 0.5) is 0 Å². The Morgan fingerprint density at radius 2 is 1.89 bits per heavy atom. The number of nitrogens with zero attached hydrogens (tertiary/aromatic N) is 2. The number of methoxy groups -OCH3 is 1. The fourth-order valence-corrected chi connectivity index (χ4v) is 2.31. The van der Waals surface area contributed by atoms with Crippen LogP contribution in [0.25, 0.3) is 11.3 Å². The van der Waals surface area contributed by atoms with E-state index in [0.29, 0.717) is 32.7 Å². The maximum Gasteiger partial charge on any atom is 0.145 e. The van der Waals surface area contributed by atoms with Gasteiger partial charge in [0.15, 0.2) is 0 Å². The molecule has 0 aliphatic rings. The van der Waals surface area contributed by atoms with Crippen LogP contribution in [-0.2, 0) is 6.42 Å². The molecule has 1 aromatic carbocycles. The highest BCUT2D eigenvalue weighted by molar-refractivity contribution is 6.39. The number of hydrogen-bond donors (Lipinski definition) is 0.